The normalized spacial score (nSPS) is 12.3. The minimum absolute atomic E-state index is 0.0625. The van der Waals surface area contributed by atoms with Crippen molar-refractivity contribution in [2.45, 2.75) is 38.6 Å². The molecule has 0 saturated heterocycles. The Bertz CT molecular complexity index is 957. The molecule has 0 bridgehead atoms. The number of carbonyl (C=O) groups excluding carboxylic acids is 1. The molecular weight excluding hydrogens is 380 g/mol. The van der Waals surface area contributed by atoms with Crippen LogP contribution in [0.1, 0.15) is 48.3 Å². The third-order valence-electron chi connectivity index (χ3n) is 4.17. The maximum atomic E-state index is 12.6. The maximum absolute atomic E-state index is 12.6. The molecule has 0 unspecified atom stereocenters. The monoisotopic (exact) mass is 406 g/mol. The van der Waals surface area contributed by atoms with Crippen LogP contribution >= 0.6 is 0 Å². The van der Waals surface area contributed by atoms with E-state index in [-0.39, 0.29) is 16.5 Å². The summed E-state index contributed by atoms with van der Waals surface area (Å²) >= 11 is 0. The maximum Gasteiger partial charge on any atom is 0.251 e. The van der Waals surface area contributed by atoms with Crippen molar-refractivity contribution in [3.8, 4) is 11.5 Å². The predicted octanol–water partition coefficient (Wildman–Crippen LogP) is 2.93. The van der Waals surface area contributed by atoms with Crippen molar-refractivity contribution in [3.05, 3.63) is 53.1 Å². The van der Waals surface area contributed by atoms with Crippen LogP contribution in [0.5, 0.6) is 11.5 Å². The van der Waals surface area contributed by atoms with Gasteiger partial charge in [0.25, 0.3) is 5.91 Å². The molecule has 0 aromatic heterocycles. The van der Waals surface area contributed by atoms with Crippen molar-refractivity contribution >= 4 is 15.9 Å². The molecule has 0 heterocycles. The van der Waals surface area contributed by atoms with E-state index in [2.05, 4.69) is 5.32 Å². The van der Waals surface area contributed by atoms with E-state index in [0.29, 0.717) is 30.3 Å². The second-order valence-corrected chi connectivity index (χ2v) is 7.82. The summed E-state index contributed by atoms with van der Waals surface area (Å²) in [5.41, 5.74) is 1.54. The lowest BCUT2D eigenvalue weighted by Gasteiger charge is -2.18. The summed E-state index contributed by atoms with van der Waals surface area (Å²) < 4.78 is 34.5. The molecule has 1 amide bonds. The highest BCUT2D eigenvalue weighted by molar-refractivity contribution is 7.89. The number of aryl methyl sites for hydroxylation is 1. The fourth-order valence-electron chi connectivity index (χ4n) is 2.75. The second-order valence-electron chi connectivity index (χ2n) is 6.29. The Morgan fingerprint density at radius 3 is 2.32 bits per heavy atom. The quantitative estimate of drug-likeness (QED) is 0.701. The van der Waals surface area contributed by atoms with Crippen molar-refractivity contribution in [3.63, 3.8) is 0 Å². The number of rotatable bonds is 8. The first-order valence-corrected chi connectivity index (χ1v) is 10.6. The minimum atomic E-state index is -3.90. The summed E-state index contributed by atoms with van der Waals surface area (Å²) in [4.78, 5) is 12.5. The minimum Gasteiger partial charge on any atom is -0.490 e. The van der Waals surface area contributed by atoms with E-state index < -0.39 is 15.9 Å². The lowest BCUT2D eigenvalue weighted by molar-refractivity contribution is 0.0939. The Morgan fingerprint density at radius 2 is 1.71 bits per heavy atom. The number of nitrogens with one attached hydrogen (secondary N) is 1. The van der Waals surface area contributed by atoms with Gasteiger partial charge in [-0.1, -0.05) is 12.1 Å². The number of hydrogen-bond donors (Lipinski definition) is 2. The molecule has 1 atom stereocenters. The first kappa shape index (κ1) is 21.7. The largest absolute Gasteiger partial charge is 0.490 e. The van der Waals surface area contributed by atoms with Gasteiger partial charge in [0.15, 0.2) is 11.5 Å². The average molecular weight is 407 g/mol. The number of nitrogens with two attached hydrogens (primary N) is 1. The van der Waals surface area contributed by atoms with Crippen LogP contribution in [-0.2, 0) is 10.0 Å². The summed E-state index contributed by atoms with van der Waals surface area (Å²) in [6.07, 6.45) is 0. The van der Waals surface area contributed by atoms with Crippen molar-refractivity contribution < 1.29 is 22.7 Å². The van der Waals surface area contributed by atoms with Crippen LogP contribution in [0.2, 0.25) is 0 Å². The van der Waals surface area contributed by atoms with Crippen LogP contribution in [0.15, 0.2) is 41.3 Å². The van der Waals surface area contributed by atoms with Crippen molar-refractivity contribution in [1.82, 2.24) is 5.32 Å². The SMILES string of the molecule is CCOc1ccc([C@@H](C)NC(=O)c2ccc(C)c(S(N)(=O)=O)c2)cc1OCC. The van der Waals surface area contributed by atoms with Crippen LogP contribution in [0.3, 0.4) is 0 Å². The molecule has 2 aromatic carbocycles. The fraction of sp³-hybridized carbons (Fsp3) is 0.350. The molecule has 0 aliphatic heterocycles. The zero-order valence-corrected chi connectivity index (χ0v) is 17.3. The van der Waals surface area contributed by atoms with Gasteiger partial charge in [-0.15, -0.1) is 0 Å². The number of ether oxygens (including phenoxy) is 2. The molecule has 0 fully saturated rings. The lowest BCUT2D eigenvalue weighted by Crippen LogP contribution is -2.27. The Kier molecular flexibility index (Phi) is 7.04. The molecular formula is C20H26N2O5S. The second kappa shape index (κ2) is 9.07. The lowest BCUT2D eigenvalue weighted by atomic mass is 10.1. The van der Waals surface area contributed by atoms with Gasteiger partial charge in [-0.2, -0.15) is 0 Å². The zero-order chi connectivity index (χ0) is 20.9. The number of amides is 1. The topological polar surface area (TPSA) is 108 Å². The Labute approximate surface area is 165 Å². The van der Waals surface area contributed by atoms with Gasteiger partial charge in [0.2, 0.25) is 10.0 Å². The average Bonchev–Trinajstić information content (AvgIpc) is 2.62. The van der Waals surface area contributed by atoms with Gasteiger partial charge in [-0.05, 0) is 63.1 Å². The van der Waals surface area contributed by atoms with Crippen molar-refractivity contribution in [1.29, 1.82) is 0 Å². The Balaban J connectivity index is 2.24. The highest BCUT2D eigenvalue weighted by atomic mass is 32.2. The number of primary sulfonamides is 1. The molecule has 28 heavy (non-hydrogen) atoms. The van der Waals surface area contributed by atoms with Crippen molar-refractivity contribution in [2.24, 2.45) is 5.14 Å². The molecule has 3 N–H and O–H groups in total. The van der Waals surface area contributed by atoms with Crippen LogP contribution in [0.4, 0.5) is 0 Å². The standard InChI is InChI=1S/C20H26N2O5S/c1-5-26-17-10-9-15(11-18(17)27-6-2)14(4)22-20(23)16-8-7-13(3)19(12-16)28(21,24)25/h7-12,14H,5-6H2,1-4H3,(H,22,23)(H2,21,24,25)/t14-/m1/s1. The Morgan fingerprint density at radius 1 is 1.07 bits per heavy atom. The van der Waals surface area contributed by atoms with Gasteiger partial charge in [0, 0.05) is 5.56 Å². The summed E-state index contributed by atoms with van der Waals surface area (Å²) in [7, 11) is -3.90. The number of sulfonamides is 1. The molecule has 2 rings (SSSR count). The van der Waals surface area contributed by atoms with Gasteiger partial charge >= 0.3 is 0 Å². The van der Waals surface area contributed by atoms with Crippen LogP contribution in [0.25, 0.3) is 0 Å². The molecule has 152 valence electrons. The third kappa shape index (κ3) is 5.24. The van der Waals surface area contributed by atoms with E-state index in [0.717, 1.165) is 5.56 Å². The van der Waals surface area contributed by atoms with Gasteiger partial charge in [0.05, 0.1) is 24.2 Å². The smallest absolute Gasteiger partial charge is 0.251 e. The van der Waals surface area contributed by atoms with Gasteiger partial charge < -0.3 is 14.8 Å². The zero-order valence-electron chi connectivity index (χ0n) is 16.5. The molecule has 2 aromatic rings. The molecule has 8 heteroatoms. The number of hydrogen-bond acceptors (Lipinski definition) is 5. The first-order valence-electron chi connectivity index (χ1n) is 9.01. The summed E-state index contributed by atoms with van der Waals surface area (Å²) in [6.45, 7) is 8.24. The molecule has 7 nitrogen and oxygen atoms in total. The van der Waals surface area contributed by atoms with Gasteiger partial charge in [-0.3, -0.25) is 4.79 Å². The number of carbonyl (C=O) groups is 1. The van der Waals surface area contributed by atoms with Crippen molar-refractivity contribution in [2.75, 3.05) is 13.2 Å². The summed E-state index contributed by atoms with van der Waals surface area (Å²) in [6, 6.07) is 9.56. The molecule has 0 spiro atoms. The van der Waals surface area contributed by atoms with Crippen LogP contribution < -0.4 is 19.9 Å². The molecule has 0 saturated carbocycles. The van der Waals surface area contributed by atoms with Gasteiger partial charge in [-0.25, -0.2) is 13.6 Å². The third-order valence-corrected chi connectivity index (χ3v) is 5.22. The van der Waals surface area contributed by atoms with Crippen LogP contribution in [-0.4, -0.2) is 27.5 Å². The van der Waals surface area contributed by atoms with E-state index in [1.165, 1.54) is 6.07 Å². The number of benzene rings is 2. The Hall–Kier alpha value is -2.58. The molecule has 0 aliphatic rings. The van der Waals surface area contributed by atoms with E-state index in [1.807, 2.05) is 32.9 Å². The van der Waals surface area contributed by atoms with E-state index in [1.54, 1.807) is 25.1 Å². The summed E-state index contributed by atoms with van der Waals surface area (Å²) in [5.74, 6) is 0.849. The summed E-state index contributed by atoms with van der Waals surface area (Å²) in [5, 5.41) is 8.08. The van der Waals surface area contributed by atoms with E-state index in [4.69, 9.17) is 14.6 Å². The highest BCUT2D eigenvalue weighted by Crippen LogP contribution is 2.31. The van der Waals surface area contributed by atoms with E-state index >= 15 is 0 Å². The molecule has 0 aliphatic carbocycles. The highest BCUT2D eigenvalue weighted by Gasteiger charge is 2.18. The van der Waals surface area contributed by atoms with E-state index in [9.17, 15) is 13.2 Å². The van der Waals surface area contributed by atoms with Crippen LogP contribution in [0, 0.1) is 6.92 Å². The first-order chi connectivity index (χ1) is 13.2. The fourth-order valence-corrected chi connectivity index (χ4v) is 3.56. The predicted molar refractivity (Wildman–Crippen MR) is 107 cm³/mol. The molecule has 0 radical (unpaired) electrons. The van der Waals surface area contributed by atoms with Gasteiger partial charge in [0.1, 0.15) is 0 Å².